The maximum Gasteiger partial charge on any atom is 0.172 e. The van der Waals surface area contributed by atoms with E-state index in [0.29, 0.717) is 0 Å². The Morgan fingerprint density at radius 2 is 2.00 bits per heavy atom. The maximum atomic E-state index is 13.9. The van der Waals surface area contributed by atoms with E-state index in [9.17, 15) is 13.6 Å². The summed E-state index contributed by atoms with van der Waals surface area (Å²) >= 11 is 3.00. The molecule has 0 amide bonds. The van der Waals surface area contributed by atoms with E-state index in [1.54, 1.807) is 0 Å². The number of benzene rings is 1. The Bertz CT molecular complexity index is 540. The largest absolute Gasteiger partial charge is 0.317 e. The van der Waals surface area contributed by atoms with Gasteiger partial charge in [-0.15, -0.1) is 0 Å². The van der Waals surface area contributed by atoms with Crippen LogP contribution in [0.2, 0.25) is 0 Å². The van der Waals surface area contributed by atoms with E-state index in [1.165, 1.54) is 6.07 Å². The number of piperidine rings is 1. The van der Waals surface area contributed by atoms with Crippen LogP contribution in [0.3, 0.4) is 0 Å². The summed E-state index contributed by atoms with van der Waals surface area (Å²) in [7, 11) is 0. The van der Waals surface area contributed by atoms with Gasteiger partial charge in [-0.1, -0.05) is 0 Å². The molecule has 1 aromatic carbocycles. The number of nitrogens with one attached hydrogen (secondary N) is 1. The highest BCUT2D eigenvalue weighted by Gasteiger charge is 2.58. The fraction of sp³-hybridized carbons (Fsp3) is 0.500. The smallest absolute Gasteiger partial charge is 0.172 e. The van der Waals surface area contributed by atoms with Crippen LogP contribution in [0.25, 0.3) is 0 Å². The van der Waals surface area contributed by atoms with Crippen LogP contribution in [0.1, 0.15) is 29.6 Å². The molecule has 2 fully saturated rings. The second kappa shape index (κ2) is 4.63. The van der Waals surface area contributed by atoms with Gasteiger partial charge in [0.15, 0.2) is 11.6 Å². The first-order valence-electron chi connectivity index (χ1n) is 6.44. The van der Waals surface area contributed by atoms with E-state index >= 15 is 0 Å². The van der Waals surface area contributed by atoms with E-state index in [-0.39, 0.29) is 27.2 Å². The van der Waals surface area contributed by atoms with Gasteiger partial charge < -0.3 is 5.32 Å². The van der Waals surface area contributed by atoms with Gasteiger partial charge in [-0.3, -0.25) is 4.79 Å². The maximum absolute atomic E-state index is 13.9. The molecule has 1 atom stereocenters. The third-order valence-electron chi connectivity index (χ3n) is 4.40. The normalized spacial score (nSPS) is 24.5. The molecule has 1 heterocycles. The molecule has 1 unspecified atom stereocenters. The van der Waals surface area contributed by atoms with Crippen molar-refractivity contribution in [3.63, 3.8) is 0 Å². The monoisotopic (exact) mass is 329 g/mol. The second-order valence-electron chi connectivity index (χ2n) is 5.45. The van der Waals surface area contributed by atoms with E-state index < -0.39 is 11.6 Å². The highest BCUT2D eigenvalue weighted by Crippen LogP contribution is 2.59. The zero-order valence-corrected chi connectivity index (χ0v) is 11.9. The zero-order chi connectivity index (χ0) is 13.6. The molecule has 1 aromatic rings. The highest BCUT2D eigenvalue weighted by molar-refractivity contribution is 9.10. The number of carbonyl (C=O) groups is 1. The average molecular weight is 330 g/mol. The first kappa shape index (κ1) is 13.2. The van der Waals surface area contributed by atoms with Crippen molar-refractivity contribution >= 4 is 21.7 Å². The number of Topliss-reactive ketones (excluding diaryl/α,β-unsaturated/α-hetero) is 1. The Morgan fingerprint density at radius 3 is 2.68 bits per heavy atom. The summed E-state index contributed by atoms with van der Waals surface area (Å²) in [5, 5.41) is 3.24. The van der Waals surface area contributed by atoms with Crippen molar-refractivity contribution in [2.75, 3.05) is 13.1 Å². The third-order valence-corrected chi connectivity index (χ3v) is 5.01. The van der Waals surface area contributed by atoms with Crippen LogP contribution in [0.4, 0.5) is 8.78 Å². The van der Waals surface area contributed by atoms with Crippen LogP contribution >= 0.6 is 15.9 Å². The number of carbonyl (C=O) groups excluding carboxylic acids is 1. The quantitative estimate of drug-likeness (QED) is 0.666. The molecule has 0 aromatic heterocycles. The van der Waals surface area contributed by atoms with E-state index in [0.717, 1.165) is 38.4 Å². The van der Waals surface area contributed by atoms with Crippen LogP contribution in [-0.4, -0.2) is 18.9 Å². The molecule has 1 aliphatic carbocycles. The summed E-state index contributed by atoms with van der Waals surface area (Å²) in [5.74, 6) is -2.13. The molecule has 3 rings (SSSR count). The van der Waals surface area contributed by atoms with Crippen molar-refractivity contribution in [1.29, 1.82) is 0 Å². The molecular weight excluding hydrogens is 316 g/mol. The van der Waals surface area contributed by atoms with Crippen LogP contribution < -0.4 is 5.32 Å². The van der Waals surface area contributed by atoms with Gasteiger partial charge in [-0.05, 0) is 65.8 Å². The Balaban J connectivity index is 1.88. The van der Waals surface area contributed by atoms with Crippen LogP contribution in [-0.2, 0) is 0 Å². The Hall–Kier alpha value is -0.810. The molecular formula is C14H14BrF2NO. The van der Waals surface area contributed by atoms with Gasteiger partial charge in [-0.25, -0.2) is 8.78 Å². The Morgan fingerprint density at radius 1 is 1.32 bits per heavy atom. The van der Waals surface area contributed by atoms with Gasteiger partial charge in [0.1, 0.15) is 5.82 Å². The molecule has 19 heavy (non-hydrogen) atoms. The van der Waals surface area contributed by atoms with Gasteiger partial charge in [0.2, 0.25) is 0 Å². The third kappa shape index (κ3) is 2.13. The molecule has 5 heteroatoms. The molecule has 1 N–H and O–H groups in total. The molecule has 0 radical (unpaired) electrons. The van der Waals surface area contributed by atoms with E-state index in [2.05, 4.69) is 21.2 Å². The average Bonchev–Trinajstić information content (AvgIpc) is 3.09. The number of rotatable bonds is 2. The standard InChI is InChI=1S/C14H14BrF2NO/c15-9-1-2-10(16)11(12(9)17)13(19)8-7-14(8)3-5-18-6-4-14/h1-2,8,18H,3-7H2. The summed E-state index contributed by atoms with van der Waals surface area (Å²) in [5.41, 5.74) is -0.390. The molecule has 1 aliphatic heterocycles. The molecule has 1 saturated carbocycles. The fourth-order valence-corrected chi connectivity index (χ4v) is 3.45. The number of halogens is 3. The van der Waals surface area contributed by atoms with E-state index in [1.807, 2.05) is 0 Å². The summed E-state index contributed by atoms with van der Waals surface area (Å²) in [6.45, 7) is 1.76. The molecule has 0 bridgehead atoms. The lowest BCUT2D eigenvalue weighted by Crippen LogP contribution is -2.31. The molecule has 2 aliphatic rings. The van der Waals surface area contributed by atoms with Crippen LogP contribution in [0, 0.1) is 23.0 Å². The minimum atomic E-state index is -0.777. The van der Waals surface area contributed by atoms with Crippen molar-refractivity contribution in [2.24, 2.45) is 11.3 Å². The topological polar surface area (TPSA) is 29.1 Å². The predicted molar refractivity (Wildman–Crippen MR) is 71.0 cm³/mol. The molecule has 1 spiro atoms. The minimum absolute atomic E-state index is 0.0104. The fourth-order valence-electron chi connectivity index (χ4n) is 3.12. The van der Waals surface area contributed by atoms with Crippen LogP contribution in [0.5, 0.6) is 0 Å². The molecule has 102 valence electrons. The number of hydrogen-bond acceptors (Lipinski definition) is 2. The summed E-state index contributed by atoms with van der Waals surface area (Å²) in [4.78, 5) is 12.4. The summed E-state index contributed by atoms with van der Waals surface area (Å²) in [6.07, 6.45) is 2.60. The lowest BCUT2D eigenvalue weighted by Gasteiger charge is -2.23. The van der Waals surface area contributed by atoms with E-state index in [4.69, 9.17) is 0 Å². The minimum Gasteiger partial charge on any atom is -0.317 e. The lowest BCUT2D eigenvalue weighted by atomic mass is 9.89. The van der Waals surface area contributed by atoms with Crippen molar-refractivity contribution in [3.8, 4) is 0 Å². The van der Waals surface area contributed by atoms with Gasteiger partial charge in [-0.2, -0.15) is 0 Å². The van der Waals surface area contributed by atoms with Crippen molar-refractivity contribution < 1.29 is 13.6 Å². The van der Waals surface area contributed by atoms with Gasteiger partial charge in [0.25, 0.3) is 0 Å². The number of ketones is 1. The van der Waals surface area contributed by atoms with Crippen molar-refractivity contribution in [2.45, 2.75) is 19.3 Å². The lowest BCUT2D eigenvalue weighted by molar-refractivity contribution is 0.0932. The van der Waals surface area contributed by atoms with Gasteiger partial charge in [0, 0.05) is 5.92 Å². The predicted octanol–water partition coefficient (Wildman–Crippen LogP) is 3.30. The molecule has 1 saturated heterocycles. The van der Waals surface area contributed by atoms with Gasteiger partial charge in [0.05, 0.1) is 10.0 Å². The first-order valence-corrected chi connectivity index (χ1v) is 7.23. The Kier molecular flexibility index (Phi) is 3.21. The number of hydrogen-bond donors (Lipinski definition) is 1. The SMILES string of the molecule is O=C(c1c(F)ccc(Br)c1F)C1CC12CCNCC2. The first-order chi connectivity index (χ1) is 9.05. The second-order valence-corrected chi connectivity index (χ2v) is 6.31. The van der Waals surface area contributed by atoms with Crippen molar-refractivity contribution in [1.82, 2.24) is 5.32 Å². The Labute approximate surface area is 118 Å². The summed E-state index contributed by atoms with van der Waals surface area (Å²) in [6, 6.07) is 2.42. The van der Waals surface area contributed by atoms with Crippen LogP contribution in [0.15, 0.2) is 16.6 Å². The van der Waals surface area contributed by atoms with Gasteiger partial charge >= 0.3 is 0 Å². The summed E-state index contributed by atoms with van der Waals surface area (Å²) < 4.78 is 27.8. The highest BCUT2D eigenvalue weighted by atomic mass is 79.9. The van der Waals surface area contributed by atoms with Crippen molar-refractivity contribution in [3.05, 3.63) is 33.8 Å². The zero-order valence-electron chi connectivity index (χ0n) is 10.3. The molecule has 2 nitrogen and oxygen atoms in total.